The fraction of sp³-hybridized carbons (Fsp3) is 0.882. The molecule has 0 bridgehead atoms. The summed E-state index contributed by atoms with van der Waals surface area (Å²) in [6.07, 6.45) is 13.3. The number of carbonyl (C=O) groups is 1. The fourth-order valence-corrected chi connectivity index (χ4v) is 4.12. The molecule has 0 aromatic carbocycles. The van der Waals surface area contributed by atoms with E-state index in [-0.39, 0.29) is 11.3 Å². The number of hydrogen-bond acceptors (Lipinski definition) is 2. The summed E-state index contributed by atoms with van der Waals surface area (Å²) in [7, 11) is 0. The Labute approximate surface area is 134 Å². The first kappa shape index (κ1) is 16.7. The number of thiocarbonyl (C=S) groups is 1. The van der Waals surface area contributed by atoms with Crippen molar-refractivity contribution < 1.29 is 4.79 Å². The fourth-order valence-electron chi connectivity index (χ4n) is 3.87. The molecule has 2 rings (SSSR count). The lowest BCUT2D eigenvalue weighted by molar-refractivity contribution is -0.133. The number of amides is 1. The summed E-state index contributed by atoms with van der Waals surface area (Å²) in [5.74, 6) is 0.176. The van der Waals surface area contributed by atoms with Crippen LogP contribution >= 0.6 is 12.2 Å². The average molecular weight is 311 g/mol. The van der Waals surface area contributed by atoms with Crippen LogP contribution in [0.3, 0.4) is 0 Å². The van der Waals surface area contributed by atoms with Gasteiger partial charge in [0.25, 0.3) is 0 Å². The molecule has 2 aliphatic carbocycles. The van der Waals surface area contributed by atoms with Gasteiger partial charge in [0.05, 0.1) is 10.5 Å². The predicted octanol–water partition coefficient (Wildman–Crippen LogP) is 3.84. The molecule has 1 amide bonds. The number of hydrogen-bond donors (Lipinski definition) is 2. The summed E-state index contributed by atoms with van der Waals surface area (Å²) in [4.78, 5) is 13.4. The Hall–Kier alpha value is -0.640. The molecule has 0 atom stereocenters. The van der Waals surface area contributed by atoms with Crippen molar-refractivity contribution in [2.45, 2.75) is 89.5 Å². The highest BCUT2D eigenvalue weighted by Crippen LogP contribution is 2.37. The Morgan fingerprint density at radius 1 is 0.905 bits per heavy atom. The van der Waals surface area contributed by atoms with E-state index in [0.717, 1.165) is 51.4 Å². The molecule has 4 heteroatoms. The van der Waals surface area contributed by atoms with Crippen LogP contribution in [0.5, 0.6) is 0 Å². The molecule has 2 aliphatic rings. The first-order valence-corrected chi connectivity index (χ1v) is 9.02. The van der Waals surface area contributed by atoms with Gasteiger partial charge in [-0.2, -0.15) is 0 Å². The van der Waals surface area contributed by atoms with Crippen LogP contribution in [-0.2, 0) is 4.79 Å². The van der Waals surface area contributed by atoms with Crippen molar-refractivity contribution in [1.29, 1.82) is 0 Å². The van der Waals surface area contributed by atoms with Gasteiger partial charge < -0.3 is 11.1 Å². The van der Waals surface area contributed by atoms with E-state index in [1.165, 1.54) is 25.7 Å². The van der Waals surface area contributed by atoms with E-state index in [1.54, 1.807) is 0 Å². The molecule has 0 aromatic rings. The highest BCUT2D eigenvalue weighted by atomic mass is 32.1. The van der Waals surface area contributed by atoms with Crippen molar-refractivity contribution >= 4 is 23.1 Å². The zero-order valence-corrected chi connectivity index (χ0v) is 14.2. The largest absolute Gasteiger partial charge is 0.391 e. The predicted molar refractivity (Wildman–Crippen MR) is 91.2 cm³/mol. The van der Waals surface area contributed by atoms with Gasteiger partial charge in [0, 0.05) is 5.41 Å². The second kappa shape index (κ2) is 7.08. The summed E-state index contributed by atoms with van der Waals surface area (Å²) in [6, 6.07) is 0. The number of nitrogens with one attached hydrogen (secondary N) is 1. The van der Waals surface area contributed by atoms with Gasteiger partial charge in [0.2, 0.25) is 5.91 Å². The van der Waals surface area contributed by atoms with Crippen molar-refractivity contribution in [2.75, 3.05) is 0 Å². The van der Waals surface area contributed by atoms with E-state index >= 15 is 0 Å². The molecule has 0 aromatic heterocycles. The standard InChI is InChI=1S/C17H30N2OS/c1-16(10-6-5-7-11-16)15(20)19-17(14(18)21)12-8-3-2-4-9-13-17/h2-13H2,1H3,(H2,18,21)(H,19,20). The summed E-state index contributed by atoms with van der Waals surface area (Å²) >= 11 is 5.35. The van der Waals surface area contributed by atoms with Crippen LogP contribution in [0.4, 0.5) is 0 Å². The first-order chi connectivity index (χ1) is 9.99. The van der Waals surface area contributed by atoms with E-state index < -0.39 is 5.54 Å². The molecule has 3 N–H and O–H groups in total. The number of carbonyl (C=O) groups excluding carboxylic acids is 1. The van der Waals surface area contributed by atoms with Crippen LogP contribution in [-0.4, -0.2) is 16.4 Å². The SMILES string of the molecule is CC1(C(=O)NC2(C(N)=S)CCCCCCC2)CCCCC1. The second-order valence-electron chi connectivity index (χ2n) is 7.29. The lowest BCUT2D eigenvalue weighted by Crippen LogP contribution is -2.59. The van der Waals surface area contributed by atoms with Gasteiger partial charge in [-0.15, -0.1) is 0 Å². The molecule has 0 spiro atoms. The number of rotatable bonds is 3. The molecule has 120 valence electrons. The lowest BCUT2D eigenvalue weighted by atomic mass is 9.74. The molecule has 0 unspecified atom stereocenters. The van der Waals surface area contributed by atoms with E-state index in [9.17, 15) is 4.79 Å². The van der Waals surface area contributed by atoms with Crippen LogP contribution in [0.25, 0.3) is 0 Å². The third kappa shape index (κ3) is 3.97. The Morgan fingerprint density at radius 3 is 1.86 bits per heavy atom. The van der Waals surface area contributed by atoms with Crippen LogP contribution < -0.4 is 11.1 Å². The van der Waals surface area contributed by atoms with E-state index in [4.69, 9.17) is 18.0 Å². The second-order valence-corrected chi connectivity index (χ2v) is 7.73. The van der Waals surface area contributed by atoms with Gasteiger partial charge in [-0.25, -0.2) is 0 Å². The third-order valence-electron chi connectivity index (χ3n) is 5.54. The first-order valence-electron chi connectivity index (χ1n) is 8.61. The van der Waals surface area contributed by atoms with E-state index in [0.29, 0.717) is 4.99 Å². The van der Waals surface area contributed by atoms with Crippen molar-refractivity contribution in [3.05, 3.63) is 0 Å². The maximum atomic E-state index is 12.9. The Kier molecular flexibility index (Phi) is 5.64. The maximum Gasteiger partial charge on any atom is 0.226 e. The smallest absolute Gasteiger partial charge is 0.226 e. The minimum Gasteiger partial charge on any atom is -0.391 e. The van der Waals surface area contributed by atoms with Gasteiger partial charge >= 0.3 is 0 Å². The highest BCUT2D eigenvalue weighted by molar-refractivity contribution is 7.80. The summed E-state index contributed by atoms with van der Waals surface area (Å²) in [6.45, 7) is 2.11. The van der Waals surface area contributed by atoms with Crippen LogP contribution in [0.1, 0.15) is 84.0 Å². The van der Waals surface area contributed by atoms with Crippen molar-refractivity contribution in [1.82, 2.24) is 5.32 Å². The molecular formula is C17H30N2OS. The van der Waals surface area contributed by atoms with E-state index in [1.807, 2.05) is 0 Å². The van der Waals surface area contributed by atoms with Gasteiger partial charge in [-0.1, -0.05) is 70.5 Å². The Balaban J connectivity index is 2.10. The molecule has 0 aliphatic heterocycles. The molecule has 2 fully saturated rings. The van der Waals surface area contributed by atoms with E-state index in [2.05, 4.69) is 12.2 Å². The van der Waals surface area contributed by atoms with Crippen LogP contribution in [0.2, 0.25) is 0 Å². The quantitative estimate of drug-likeness (QED) is 0.779. The zero-order valence-electron chi connectivity index (χ0n) is 13.4. The Morgan fingerprint density at radius 2 is 1.33 bits per heavy atom. The van der Waals surface area contributed by atoms with Crippen molar-refractivity contribution in [2.24, 2.45) is 11.1 Å². The van der Waals surface area contributed by atoms with Gasteiger partial charge in [-0.3, -0.25) is 4.79 Å². The maximum absolute atomic E-state index is 12.9. The average Bonchev–Trinajstić information content (AvgIpc) is 2.42. The Bertz CT molecular complexity index is 380. The summed E-state index contributed by atoms with van der Waals surface area (Å²) < 4.78 is 0. The van der Waals surface area contributed by atoms with Crippen molar-refractivity contribution in [3.63, 3.8) is 0 Å². The minimum atomic E-state index is -0.437. The lowest BCUT2D eigenvalue weighted by Gasteiger charge is -2.40. The summed E-state index contributed by atoms with van der Waals surface area (Å²) in [5.41, 5.74) is 5.40. The molecule has 2 saturated carbocycles. The molecule has 0 saturated heterocycles. The topological polar surface area (TPSA) is 55.1 Å². The highest BCUT2D eigenvalue weighted by Gasteiger charge is 2.41. The molecular weight excluding hydrogens is 280 g/mol. The molecule has 21 heavy (non-hydrogen) atoms. The van der Waals surface area contributed by atoms with Crippen molar-refractivity contribution in [3.8, 4) is 0 Å². The summed E-state index contributed by atoms with van der Waals surface area (Å²) in [5, 5.41) is 3.30. The normalized spacial score (nSPS) is 25.4. The van der Waals surface area contributed by atoms with Crippen LogP contribution in [0, 0.1) is 5.41 Å². The monoisotopic (exact) mass is 310 g/mol. The number of nitrogens with two attached hydrogens (primary N) is 1. The third-order valence-corrected chi connectivity index (χ3v) is 5.93. The van der Waals surface area contributed by atoms with Gasteiger partial charge in [-0.05, 0) is 25.7 Å². The van der Waals surface area contributed by atoms with Crippen LogP contribution in [0.15, 0.2) is 0 Å². The molecule has 0 heterocycles. The molecule has 0 radical (unpaired) electrons. The van der Waals surface area contributed by atoms with Gasteiger partial charge in [0.1, 0.15) is 0 Å². The van der Waals surface area contributed by atoms with Gasteiger partial charge in [0.15, 0.2) is 0 Å². The molecule has 3 nitrogen and oxygen atoms in total. The zero-order chi connectivity index (χ0) is 15.3. The minimum absolute atomic E-state index is 0.176.